The Morgan fingerprint density at radius 1 is 1.47 bits per heavy atom. The predicted octanol–water partition coefficient (Wildman–Crippen LogP) is -0.0663. The van der Waals surface area contributed by atoms with Crippen LogP contribution in [-0.4, -0.2) is 34.5 Å². The molecule has 0 saturated carbocycles. The van der Waals surface area contributed by atoms with Crippen LogP contribution < -0.4 is 5.56 Å². The van der Waals surface area contributed by atoms with E-state index < -0.39 is 0 Å². The summed E-state index contributed by atoms with van der Waals surface area (Å²) in [5.74, 6) is 0. The molecule has 3 aromatic heterocycles. The van der Waals surface area contributed by atoms with Gasteiger partial charge in [0.1, 0.15) is 0 Å². The molecular formula is C9H6N4OSe. The Morgan fingerprint density at radius 3 is 3.20 bits per heavy atom. The molecule has 6 heteroatoms. The summed E-state index contributed by atoms with van der Waals surface area (Å²) in [6.45, 7) is 0. The van der Waals surface area contributed by atoms with E-state index in [1.165, 1.54) is 4.68 Å². The van der Waals surface area contributed by atoms with Gasteiger partial charge in [-0.3, -0.25) is 0 Å². The van der Waals surface area contributed by atoms with E-state index in [4.69, 9.17) is 0 Å². The summed E-state index contributed by atoms with van der Waals surface area (Å²) < 4.78 is 3.00. The Kier molecular flexibility index (Phi) is 1.74. The Balaban J connectivity index is 2.66. The van der Waals surface area contributed by atoms with Gasteiger partial charge >= 0.3 is 89.8 Å². The minimum absolute atomic E-state index is 0.0310. The van der Waals surface area contributed by atoms with Crippen molar-refractivity contribution in [3.63, 3.8) is 0 Å². The van der Waals surface area contributed by atoms with Crippen LogP contribution in [0.15, 0.2) is 23.1 Å². The molecule has 0 aliphatic carbocycles. The van der Waals surface area contributed by atoms with Crippen molar-refractivity contribution >= 4 is 34.1 Å². The number of hydrogen-bond donors (Lipinski definition) is 0. The number of nitrogens with zero attached hydrogens (tertiary/aromatic N) is 4. The first-order chi connectivity index (χ1) is 7.27. The average molecular weight is 265 g/mol. The molecule has 0 bridgehead atoms. The normalized spacial score (nSPS) is 11.3. The first kappa shape index (κ1) is 8.76. The molecule has 3 heterocycles. The van der Waals surface area contributed by atoms with Crippen LogP contribution in [0, 0.1) is 0 Å². The minimum atomic E-state index is -0.0574. The van der Waals surface area contributed by atoms with E-state index in [-0.39, 0.29) is 20.1 Å². The molecule has 0 radical (unpaired) electrons. The Morgan fingerprint density at radius 2 is 2.33 bits per heavy atom. The molecule has 0 saturated heterocycles. The van der Waals surface area contributed by atoms with Crippen LogP contribution >= 0.6 is 0 Å². The summed E-state index contributed by atoms with van der Waals surface area (Å²) in [5, 5.41) is 8.79. The van der Waals surface area contributed by atoms with Gasteiger partial charge in [0.25, 0.3) is 0 Å². The van der Waals surface area contributed by atoms with Crippen molar-refractivity contribution in [3.05, 3.63) is 28.7 Å². The van der Waals surface area contributed by atoms with Crippen LogP contribution in [-0.2, 0) is 7.05 Å². The van der Waals surface area contributed by atoms with Crippen LogP contribution in [0.25, 0.3) is 19.6 Å². The first-order valence-electron chi connectivity index (χ1n) is 4.34. The molecule has 0 fully saturated rings. The fraction of sp³-hybridized carbons (Fsp3) is 0.111. The second-order valence-electron chi connectivity index (χ2n) is 3.15. The van der Waals surface area contributed by atoms with Gasteiger partial charge in [0.05, 0.1) is 0 Å². The van der Waals surface area contributed by atoms with Gasteiger partial charge in [-0.25, -0.2) is 0 Å². The fourth-order valence-corrected chi connectivity index (χ4v) is 3.66. The van der Waals surface area contributed by atoms with E-state index >= 15 is 0 Å². The predicted molar refractivity (Wildman–Crippen MR) is 57.0 cm³/mol. The molecule has 0 atom stereocenters. The van der Waals surface area contributed by atoms with Crippen LogP contribution in [0.5, 0.6) is 0 Å². The van der Waals surface area contributed by atoms with E-state index in [0.29, 0.717) is 5.52 Å². The standard InChI is InChI=1S/C9H6N4OSe/c1-13-9(14)7-6(11-12-13)5-3-2-4-10-8(5)15-7/h2-4H,1H3. The maximum atomic E-state index is 11.8. The van der Waals surface area contributed by atoms with E-state index in [1.807, 2.05) is 12.1 Å². The topological polar surface area (TPSA) is 60.7 Å². The molecule has 0 aliphatic heterocycles. The molecule has 15 heavy (non-hydrogen) atoms. The summed E-state index contributed by atoms with van der Waals surface area (Å²) >= 11 is -0.0310. The molecule has 0 unspecified atom stereocenters. The van der Waals surface area contributed by atoms with E-state index in [2.05, 4.69) is 15.3 Å². The van der Waals surface area contributed by atoms with E-state index in [1.54, 1.807) is 13.2 Å². The summed E-state index contributed by atoms with van der Waals surface area (Å²) in [6, 6.07) is 3.78. The Bertz CT molecular complexity index is 715. The number of aryl methyl sites for hydroxylation is 1. The number of hydrogen-bond acceptors (Lipinski definition) is 4. The molecule has 0 spiro atoms. The van der Waals surface area contributed by atoms with Crippen molar-refractivity contribution in [1.82, 2.24) is 20.0 Å². The molecule has 0 amide bonds. The van der Waals surface area contributed by atoms with Crippen LogP contribution in [0.4, 0.5) is 0 Å². The molecule has 3 aromatic rings. The third-order valence-corrected chi connectivity index (χ3v) is 4.50. The van der Waals surface area contributed by atoms with Gasteiger partial charge in [-0.1, -0.05) is 0 Å². The zero-order chi connectivity index (χ0) is 10.4. The molecule has 0 aliphatic rings. The molecule has 0 aromatic carbocycles. The SMILES string of the molecule is Cn1nnc2c([se]c3ncccc32)c1=O. The van der Waals surface area contributed by atoms with Gasteiger partial charge in [0.15, 0.2) is 0 Å². The van der Waals surface area contributed by atoms with E-state index in [0.717, 1.165) is 14.0 Å². The van der Waals surface area contributed by atoms with Crippen molar-refractivity contribution in [2.75, 3.05) is 0 Å². The average Bonchev–Trinajstić information content (AvgIpc) is 2.63. The second-order valence-corrected chi connectivity index (χ2v) is 5.25. The van der Waals surface area contributed by atoms with Gasteiger partial charge in [-0.15, -0.1) is 0 Å². The zero-order valence-electron chi connectivity index (χ0n) is 7.84. The molecule has 3 rings (SSSR count). The molecule has 0 N–H and O–H groups in total. The summed E-state index contributed by atoms with van der Waals surface area (Å²) in [7, 11) is 1.61. The Hall–Kier alpha value is -1.52. The molecule has 74 valence electrons. The zero-order valence-corrected chi connectivity index (χ0v) is 9.55. The van der Waals surface area contributed by atoms with Gasteiger partial charge in [-0.2, -0.15) is 0 Å². The number of aromatic nitrogens is 4. The van der Waals surface area contributed by atoms with Crippen molar-refractivity contribution in [1.29, 1.82) is 0 Å². The number of rotatable bonds is 0. The van der Waals surface area contributed by atoms with Crippen LogP contribution in [0.2, 0.25) is 0 Å². The van der Waals surface area contributed by atoms with Gasteiger partial charge in [-0.05, 0) is 0 Å². The second kappa shape index (κ2) is 2.98. The third kappa shape index (κ3) is 1.15. The summed E-state index contributed by atoms with van der Waals surface area (Å²) in [5.41, 5.74) is 0.652. The van der Waals surface area contributed by atoms with Crippen molar-refractivity contribution in [2.24, 2.45) is 7.05 Å². The monoisotopic (exact) mass is 266 g/mol. The van der Waals surface area contributed by atoms with Gasteiger partial charge in [0.2, 0.25) is 0 Å². The first-order valence-corrected chi connectivity index (χ1v) is 6.06. The summed E-state index contributed by atoms with van der Waals surface area (Å²) in [4.78, 5) is 16.0. The number of pyridine rings is 1. The molecular weight excluding hydrogens is 259 g/mol. The Labute approximate surface area is 90.1 Å². The maximum absolute atomic E-state index is 11.8. The molecule has 5 nitrogen and oxygen atoms in total. The van der Waals surface area contributed by atoms with Crippen molar-refractivity contribution in [3.8, 4) is 0 Å². The third-order valence-electron chi connectivity index (χ3n) is 2.21. The van der Waals surface area contributed by atoms with Crippen molar-refractivity contribution in [2.45, 2.75) is 0 Å². The van der Waals surface area contributed by atoms with Gasteiger partial charge in [0, 0.05) is 0 Å². The van der Waals surface area contributed by atoms with Crippen LogP contribution in [0.3, 0.4) is 0 Å². The van der Waals surface area contributed by atoms with Crippen LogP contribution in [0.1, 0.15) is 0 Å². The van der Waals surface area contributed by atoms with Gasteiger partial charge < -0.3 is 0 Å². The summed E-state index contributed by atoms with van der Waals surface area (Å²) in [6.07, 6.45) is 1.74. The quantitative estimate of drug-likeness (QED) is 0.534. The fourth-order valence-electron chi connectivity index (χ4n) is 1.46. The van der Waals surface area contributed by atoms with Crippen molar-refractivity contribution < 1.29 is 0 Å². The van der Waals surface area contributed by atoms with E-state index in [9.17, 15) is 4.79 Å². The number of fused-ring (bicyclic) bond motifs is 3.